The molecule has 2 aromatic rings. The largest absolute Gasteiger partial charge is 0.497 e. The topological polar surface area (TPSA) is 114 Å². The number of nitrogens with one attached hydrogen (secondary N) is 1. The first kappa shape index (κ1) is 29.5. The average Bonchev–Trinajstić information content (AvgIpc) is 2.95. The van der Waals surface area contributed by atoms with Gasteiger partial charge in [-0.1, -0.05) is 38.3 Å². The molecule has 1 N–H and O–H groups in total. The van der Waals surface area contributed by atoms with E-state index in [0.29, 0.717) is 36.9 Å². The molecule has 1 aliphatic heterocycles. The van der Waals surface area contributed by atoms with E-state index in [1.807, 2.05) is 19.1 Å². The molecule has 0 bridgehead atoms. The fourth-order valence-corrected chi connectivity index (χ4v) is 6.03. The zero-order valence-electron chi connectivity index (χ0n) is 23.4. The second kappa shape index (κ2) is 13.3. The van der Waals surface area contributed by atoms with Gasteiger partial charge in [0.2, 0.25) is 21.8 Å². The lowest BCUT2D eigenvalue weighted by Crippen LogP contribution is -2.53. The molecule has 2 aliphatic rings. The summed E-state index contributed by atoms with van der Waals surface area (Å²) in [6.45, 7) is 2.27. The number of methoxy groups -OCH3 is 1. The summed E-state index contributed by atoms with van der Waals surface area (Å²) in [5.74, 6) is 0.897. The summed E-state index contributed by atoms with van der Waals surface area (Å²) in [4.78, 5) is 28.9. The minimum Gasteiger partial charge on any atom is -0.497 e. The second-order valence-corrected chi connectivity index (χ2v) is 12.1. The van der Waals surface area contributed by atoms with Crippen molar-refractivity contribution < 1.29 is 32.2 Å². The number of ether oxygens (including phenoxy) is 3. The third-order valence-corrected chi connectivity index (χ3v) is 8.48. The van der Waals surface area contributed by atoms with Crippen LogP contribution in [0.4, 0.5) is 5.69 Å². The van der Waals surface area contributed by atoms with E-state index in [1.54, 1.807) is 37.4 Å². The molecular formula is C29H39N3O7S. The minimum atomic E-state index is -3.86. The van der Waals surface area contributed by atoms with Crippen LogP contribution in [-0.4, -0.2) is 70.3 Å². The van der Waals surface area contributed by atoms with E-state index in [-0.39, 0.29) is 24.2 Å². The first-order valence-corrected chi connectivity index (χ1v) is 15.6. The number of sulfonamides is 1. The Morgan fingerprint density at radius 3 is 2.33 bits per heavy atom. The Morgan fingerprint density at radius 1 is 1.02 bits per heavy atom. The molecule has 0 saturated heterocycles. The van der Waals surface area contributed by atoms with Gasteiger partial charge in [0.1, 0.15) is 31.5 Å². The van der Waals surface area contributed by atoms with Crippen LogP contribution in [0.2, 0.25) is 0 Å². The van der Waals surface area contributed by atoms with Gasteiger partial charge in [-0.05, 0) is 49.1 Å². The normalized spacial score (nSPS) is 16.1. The van der Waals surface area contributed by atoms with Gasteiger partial charge in [-0.25, -0.2) is 8.42 Å². The lowest BCUT2D eigenvalue weighted by atomic mass is 9.95. The number of amides is 2. The molecule has 0 spiro atoms. The number of fused-ring (bicyclic) bond motifs is 1. The Kier molecular flexibility index (Phi) is 9.78. The molecule has 2 amide bonds. The maximum atomic E-state index is 13.9. The highest BCUT2D eigenvalue weighted by molar-refractivity contribution is 7.92. The molecule has 218 valence electrons. The molecule has 1 saturated carbocycles. The van der Waals surface area contributed by atoms with Gasteiger partial charge in [-0.2, -0.15) is 0 Å². The van der Waals surface area contributed by atoms with E-state index in [0.717, 1.165) is 48.2 Å². The van der Waals surface area contributed by atoms with Gasteiger partial charge in [0.15, 0.2) is 11.5 Å². The summed E-state index contributed by atoms with van der Waals surface area (Å²) in [6, 6.07) is 11.3. The Balaban J connectivity index is 1.62. The summed E-state index contributed by atoms with van der Waals surface area (Å²) in [6.07, 6.45) is 6.56. The first-order chi connectivity index (χ1) is 19.2. The van der Waals surface area contributed by atoms with Crippen LogP contribution in [0.1, 0.15) is 51.0 Å². The van der Waals surface area contributed by atoms with Crippen LogP contribution in [0, 0.1) is 0 Å². The number of hydrogen-bond donors (Lipinski definition) is 1. The molecule has 4 rings (SSSR count). The van der Waals surface area contributed by atoms with Crippen LogP contribution in [0.3, 0.4) is 0 Å². The van der Waals surface area contributed by atoms with Gasteiger partial charge in [0.05, 0.1) is 19.1 Å². The fraction of sp³-hybridized carbons (Fsp3) is 0.517. The number of hydrogen-bond acceptors (Lipinski definition) is 7. The Bertz CT molecular complexity index is 1280. The summed E-state index contributed by atoms with van der Waals surface area (Å²) in [7, 11) is -2.28. The van der Waals surface area contributed by atoms with Crippen molar-refractivity contribution in [3.63, 3.8) is 0 Å². The van der Waals surface area contributed by atoms with Crippen molar-refractivity contribution in [2.24, 2.45) is 0 Å². The Morgan fingerprint density at radius 2 is 1.70 bits per heavy atom. The molecule has 2 aromatic carbocycles. The molecule has 0 radical (unpaired) electrons. The number of benzene rings is 2. The average molecular weight is 574 g/mol. The molecule has 1 heterocycles. The van der Waals surface area contributed by atoms with Gasteiger partial charge in [-0.15, -0.1) is 0 Å². The Labute approximate surface area is 236 Å². The van der Waals surface area contributed by atoms with E-state index in [4.69, 9.17) is 14.2 Å². The van der Waals surface area contributed by atoms with E-state index in [1.165, 1.54) is 4.90 Å². The lowest BCUT2D eigenvalue weighted by molar-refractivity contribution is -0.140. The van der Waals surface area contributed by atoms with Crippen LogP contribution in [0.25, 0.3) is 0 Å². The molecule has 10 nitrogen and oxygen atoms in total. The van der Waals surface area contributed by atoms with E-state index in [9.17, 15) is 18.0 Å². The standard InChI is InChI=1S/C29H39N3O7S/c1-4-25(29(34)30-22-8-6-5-7-9-22)31(19-21-10-13-24(37-2)14-11-21)28(33)20-32(40(3,35)36)23-12-15-26-27(18-23)39-17-16-38-26/h10-15,18,22,25H,4-9,16-17,19-20H2,1-3H3,(H,30,34)/t25-/m0/s1. The third-order valence-electron chi connectivity index (χ3n) is 7.34. The quantitative estimate of drug-likeness (QED) is 0.438. The maximum Gasteiger partial charge on any atom is 0.244 e. The Hall–Kier alpha value is -3.47. The van der Waals surface area contributed by atoms with Gasteiger partial charge in [-0.3, -0.25) is 13.9 Å². The zero-order chi connectivity index (χ0) is 28.7. The smallest absolute Gasteiger partial charge is 0.244 e. The van der Waals surface area contributed by atoms with Crippen molar-refractivity contribution in [3.05, 3.63) is 48.0 Å². The van der Waals surface area contributed by atoms with E-state index in [2.05, 4.69) is 5.32 Å². The highest BCUT2D eigenvalue weighted by atomic mass is 32.2. The van der Waals surface area contributed by atoms with Crippen molar-refractivity contribution in [1.29, 1.82) is 0 Å². The SMILES string of the molecule is CC[C@@H](C(=O)NC1CCCCC1)N(Cc1ccc(OC)cc1)C(=O)CN(c1ccc2c(c1)OCCO2)S(C)(=O)=O. The molecule has 0 unspecified atom stereocenters. The minimum absolute atomic E-state index is 0.0819. The monoisotopic (exact) mass is 573 g/mol. The van der Waals surface area contributed by atoms with Crippen LogP contribution in [0.5, 0.6) is 17.2 Å². The van der Waals surface area contributed by atoms with Gasteiger partial charge < -0.3 is 24.4 Å². The van der Waals surface area contributed by atoms with Crippen molar-refractivity contribution in [1.82, 2.24) is 10.2 Å². The predicted molar refractivity (Wildman–Crippen MR) is 152 cm³/mol. The van der Waals surface area contributed by atoms with Crippen molar-refractivity contribution in [2.75, 3.05) is 37.4 Å². The summed E-state index contributed by atoms with van der Waals surface area (Å²) in [5, 5.41) is 3.14. The first-order valence-electron chi connectivity index (χ1n) is 13.8. The maximum absolute atomic E-state index is 13.9. The van der Waals surface area contributed by atoms with Gasteiger partial charge in [0, 0.05) is 18.7 Å². The van der Waals surface area contributed by atoms with Gasteiger partial charge >= 0.3 is 0 Å². The van der Waals surface area contributed by atoms with Crippen LogP contribution < -0.4 is 23.8 Å². The van der Waals surface area contributed by atoms with E-state index < -0.39 is 28.5 Å². The zero-order valence-corrected chi connectivity index (χ0v) is 24.2. The number of rotatable bonds is 11. The number of nitrogens with zero attached hydrogens (tertiary/aromatic N) is 2. The number of carbonyl (C=O) groups excluding carboxylic acids is 2. The summed E-state index contributed by atoms with van der Waals surface area (Å²) in [5.41, 5.74) is 1.08. The highest BCUT2D eigenvalue weighted by Gasteiger charge is 2.33. The molecule has 0 aromatic heterocycles. The van der Waals surface area contributed by atoms with Crippen LogP contribution in [-0.2, 0) is 26.2 Å². The summed E-state index contributed by atoms with van der Waals surface area (Å²) >= 11 is 0. The van der Waals surface area contributed by atoms with Gasteiger partial charge in [0.25, 0.3) is 0 Å². The fourth-order valence-electron chi connectivity index (χ4n) is 5.19. The van der Waals surface area contributed by atoms with Crippen molar-refractivity contribution in [3.8, 4) is 17.2 Å². The molecule has 1 fully saturated rings. The number of anilines is 1. The molecular weight excluding hydrogens is 534 g/mol. The van der Waals surface area contributed by atoms with Crippen molar-refractivity contribution in [2.45, 2.75) is 64.1 Å². The molecule has 40 heavy (non-hydrogen) atoms. The third kappa shape index (κ3) is 7.38. The van der Waals surface area contributed by atoms with Crippen LogP contribution >= 0.6 is 0 Å². The van der Waals surface area contributed by atoms with Crippen LogP contribution in [0.15, 0.2) is 42.5 Å². The predicted octanol–water partition coefficient (Wildman–Crippen LogP) is 3.49. The molecule has 1 atom stereocenters. The lowest BCUT2D eigenvalue weighted by Gasteiger charge is -2.34. The van der Waals surface area contributed by atoms with Crippen molar-refractivity contribution >= 4 is 27.5 Å². The van der Waals surface area contributed by atoms with E-state index >= 15 is 0 Å². The molecule has 1 aliphatic carbocycles. The summed E-state index contributed by atoms with van der Waals surface area (Å²) < 4.78 is 43.3. The second-order valence-electron chi connectivity index (χ2n) is 10.2. The highest BCUT2D eigenvalue weighted by Crippen LogP contribution is 2.35. The number of carbonyl (C=O) groups is 2. The molecule has 11 heteroatoms.